The number of nitrogens with two attached hydrogens (primary N) is 1. The lowest BCUT2D eigenvalue weighted by molar-refractivity contribution is 0.747. The number of thiophene rings is 2. The number of nitrogens with one attached hydrogen (secondary N) is 1. The second kappa shape index (κ2) is 9.01. The molecule has 0 radical (unpaired) electrons. The molecule has 0 amide bonds. The van der Waals surface area contributed by atoms with Crippen LogP contribution in [0.5, 0.6) is 0 Å². The number of rotatable bonds is 5. The first-order valence-electron chi connectivity index (χ1n) is 6.59. The van der Waals surface area contributed by atoms with Crippen LogP contribution in [0.4, 0.5) is 5.82 Å². The monoisotopic (exact) mass is 410 g/mol. The summed E-state index contributed by atoms with van der Waals surface area (Å²) in [7, 11) is 0. The number of anilines is 1. The molecule has 1 atom stereocenters. The van der Waals surface area contributed by atoms with Crippen molar-refractivity contribution in [3.8, 4) is 0 Å². The maximum Gasteiger partial charge on any atom is 0.224 e. The fourth-order valence-electron chi connectivity index (χ4n) is 2.07. The van der Waals surface area contributed by atoms with Gasteiger partial charge in [0.2, 0.25) is 5.28 Å². The highest BCUT2D eigenvalue weighted by molar-refractivity contribution is 7.19. The lowest BCUT2D eigenvalue weighted by Crippen LogP contribution is -2.16. The van der Waals surface area contributed by atoms with E-state index in [4.69, 9.17) is 17.3 Å². The molecule has 3 N–H and O–H groups in total. The SMILES string of the molecule is CC(N)Cc1cc2nc(Cl)nc(NCc3cccs3)c2s1.Cl.Cl. The Balaban J connectivity index is 0.00000132. The fourth-order valence-corrected chi connectivity index (χ4v) is 4.10. The summed E-state index contributed by atoms with van der Waals surface area (Å²) in [4.78, 5) is 11.1. The number of hydrogen-bond acceptors (Lipinski definition) is 6. The minimum Gasteiger partial charge on any atom is -0.364 e. The zero-order valence-corrected chi connectivity index (χ0v) is 16.3. The maximum atomic E-state index is 6.02. The van der Waals surface area contributed by atoms with Crippen molar-refractivity contribution in [1.29, 1.82) is 0 Å². The molecule has 0 spiro atoms. The largest absolute Gasteiger partial charge is 0.364 e. The van der Waals surface area contributed by atoms with Crippen molar-refractivity contribution in [2.24, 2.45) is 5.73 Å². The molecular weight excluding hydrogens is 395 g/mol. The highest BCUT2D eigenvalue weighted by Crippen LogP contribution is 2.31. The van der Waals surface area contributed by atoms with Crippen LogP contribution in [-0.4, -0.2) is 16.0 Å². The second-order valence-electron chi connectivity index (χ2n) is 4.88. The van der Waals surface area contributed by atoms with Gasteiger partial charge in [0.1, 0.15) is 5.82 Å². The standard InChI is InChI=1S/C14H15ClN4S2.2ClH/c1-8(16)5-10-6-11-12(21-10)13(19-14(15)18-11)17-7-9-3-2-4-20-9;;/h2-4,6,8H,5,7,16H2,1H3,(H,17,18,19);2*1H. The van der Waals surface area contributed by atoms with E-state index in [1.165, 1.54) is 9.75 Å². The topological polar surface area (TPSA) is 63.8 Å². The zero-order chi connectivity index (χ0) is 14.8. The first-order chi connectivity index (χ1) is 10.1. The van der Waals surface area contributed by atoms with E-state index in [1.54, 1.807) is 22.7 Å². The fraction of sp³-hybridized carbons (Fsp3) is 0.286. The molecule has 3 rings (SSSR count). The minimum absolute atomic E-state index is 0. The maximum absolute atomic E-state index is 6.02. The van der Waals surface area contributed by atoms with Crippen LogP contribution in [-0.2, 0) is 13.0 Å². The van der Waals surface area contributed by atoms with Crippen LogP contribution in [0.2, 0.25) is 5.28 Å². The lowest BCUT2D eigenvalue weighted by atomic mass is 10.2. The Kier molecular flexibility index (Phi) is 8.00. The van der Waals surface area contributed by atoms with Crippen LogP contribution < -0.4 is 11.1 Å². The smallest absolute Gasteiger partial charge is 0.224 e. The van der Waals surface area contributed by atoms with E-state index in [-0.39, 0.29) is 36.1 Å². The van der Waals surface area contributed by atoms with Gasteiger partial charge in [0.25, 0.3) is 0 Å². The molecule has 3 heterocycles. The molecule has 23 heavy (non-hydrogen) atoms. The lowest BCUT2D eigenvalue weighted by Gasteiger charge is -2.05. The summed E-state index contributed by atoms with van der Waals surface area (Å²) in [5.41, 5.74) is 6.75. The normalized spacial score (nSPS) is 11.6. The first kappa shape index (κ1) is 20.4. The van der Waals surface area contributed by atoms with Gasteiger partial charge in [-0.2, -0.15) is 4.98 Å². The molecule has 9 heteroatoms. The summed E-state index contributed by atoms with van der Waals surface area (Å²) in [6.07, 6.45) is 0.836. The number of hydrogen-bond donors (Lipinski definition) is 2. The molecule has 126 valence electrons. The summed E-state index contributed by atoms with van der Waals surface area (Å²) < 4.78 is 1.03. The summed E-state index contributed by atoms with van der Waals surface area (Å²) in [6, 6.07) is 6.31. The van der Waals surface area contributed by atoms with Crippen LogP contribution >= 0.6 is 59.1 Å². The van der Waals surface area contributed by atoms with Crippen LogP contribution in [0.3, 0.4) is 0 Å². The van der Waals surface area contributed by atoms with Gasteiger partial charge in [-0.1, -0.05) is 6.07 Å². The van der Waals surface area contributed by atoms with Gasteiger partial charge in [0.05, 0.1) is 16.8 Å². The third-order valence-corrected chi connectivity index (χ3v) is 5.13. The van der Waals surface area contributed by atoms with Gasteiger partial charge in [-0.15, -0.1) is 47.5 Å². The molecule has 0 saturated heterocycles. The molecule has 3 aromatic rings. The van der Waals surface area contributed by atoms with Gasteiger partial charge in [-0.25, -0.2) is 4.98 Å². The predicted octanol–water partition coefficient (Wildman–Crippen LogP) is 4.75. The number of fused-ring (bicyclic) bond motifs is 1. The molecule has 4 nitrogen and oxygen atoms in total. The molecule has 0 bridgehead atoms. The second-order valence-corrected chi connectivity index (χ2v) is 7.39. The summed E-state index contributed by atoms with van der Waals surface area (Å²) in [5.74, 6) is 0.791. The van der Waals surface area contributed by atoms with E-state index >= 15 is 0 Å². The van der Waals surface area contributed by atoms with Crippen molar-refractivity contribution in [2.75, 3.05) is 5.32 Å². The molecule has 0 aromatic carbocycles. The molecule has 0 fully saturated rings. The van der Waals surface area contributed by atoms with E-state index in [1.807, 2.05) is 19.1 Å². The van der Waals surface area contributed by atoms with Crippen molar-refractivity contribution >= 4 is 75.1 Å². The van der Waals surface area contributed by atoms with E-state index in [0.29, 0.717) is 0 Å². The quantitative estimate of drug-likeness (QED) is 0.595. The zero-order valence-electron chi connectivity index (χ0n) is 12.3. The third-order valence-electron chi connectivity index (χ3n) is 2.93. The van der Waals surface area contributed by atoms with Crippen molar-refractivity contribution < 1.29 is 0 Å². The van der Waals surface area contributed by atoms with Gasteiger partial charge >= 0.3 is 0 Å². The van der Waals surface area contributed by atoms with Crippen LogP contribution in [0.25, 0.3) is 10.2 Å². The van der Waals surface area contributed by atoms with Crippen LogP contribution in [0.1, 0.15) is 16.7 Å². The molecule has 0 aliphatic carbocycles. The molecule has 0 saturated carbocycles. The predicted molar refractivity (Wildman–Crippen MR) is 106 cm³/mol. The van der Waals surface area contributed by atoms with Crippen LogP contribution in [0.15, 0.2) is 23.6 Å². The highest BCUT2D eigenvalue weighted by Gasteiger charge is 2.12. The average molecular weight is 412 g/mol. The minimum atomic E-state index is 0. The van der Waals surface area contributed by atoms with E-state index in [2.05, 4.69) is 26.7 Å². The Hall–Kier alpha value is -0.630. The van der Waals surface area contributed by atoms with E-state index < -0.39 is 0 Å². The average Bonchev–Trinajstić information content (AvgIpc) is 3.03. The Morgan fingerprint density at radius 1 is 1.30 bits per heavy atom. The Morgan fingerprint density at radius 3 is 2.74 bits per heavy atom. The molecule has 0 aliphatic rings. The Bertz CT molecular complexity index is 744. The van der Waals surface area contributed by atoms with Gasteiger partial charge in [0, 0.05) is 15.8 Å². The third kappa shape index (κ3) is 5.17. The number of halogens is 3. The summed E-state index contributed by atoms with van der Waals surface area (Å²) >= 11 is 9.41. The summed E-state index contributed by atoms with van der Waals surface area (Å²) in [6.45, 7) is 2.74. The number of aromatic nitrogens is 2. The Labute approximate surface area is 160 Å². The van der Waals surface area contributed by atoms with Gasteiger partial charge in [-0.05, 0) is 42.5 Å². The number of nitrogens with zero attached hydrogens (tertiary/aromatic N) is 2. The molecule has 1 unspecified atom stereocenters. The van der Waals surface area contributed by atoms with Gasteiger partial charge in [-0.3, -0.25) is 0 Å². The van der Waals surface area contributed by atoms with Crippen molar-refractivity contribution in [1.82, 2.24) is 9.97 Å². The van der Waals surface area contributed by atoms with E-state index in [0.717, 1.165) is 29.0 Å². The molecule has 3 aromatic heterocycles. The van der Waals surface area contributed by atoms with Crippen molar-refractivity contribution in [3.63, 3.8) is 0 Å². The van der Waals surface area contributed by atoms with Crippen molar-refractivity contribution in [2.45, 2.75) is 25.9 Å². The Morgan fingerprint density at radius 2 is 2.09 bits per heavy atom. The first-order valence-corrected chi connectivity index (χ1v) is 8.67. The van der Waals surface area contributed by atoms with Crippen molar-refractivity contribution in [3.05, 3.63) is 38.6 Å². The van der Waals surface area contributed by atoms with Crippen LogP contribution in [0, 0.1) is 0 Å². The van der Waals surface area contributed by atoms with E-state index in [9.17, 15) is 0 Å². The molecule has 0 aliphatic heterocycles. The summed E-state index contributed by atoms with van der Waals surface area (Å²) in [5, 5.41) is 5.68. The highest BCUT2D eigenvalue weighted by atomic mass is 35.5. The van der Waals surface area contributed by atoms with Gasteiger partial charge in [0.15, 0.2) is 0 Å². The molecular formula is C14H17Cl3N4S2. The van der Waals surface area contributed by atoms with Gasteiger partial charge < -0.3 is 11.1 Å².